The highest BCUT2D eigenvalue weighted by Gasteiger charge is 2.40. The molecule has 2 aliphatic heterocycles. The maximum Gasteiger partial charge on any atom is 0.186 e. The third-order valence-corrected chi connectivity index (χ3v) is 7.02. The van der Waals surface area contributed by atoms with E-state index < -0.39 is 5.82 Å². The van der Waals surface area contributed by atoms with Gasteiger partial charge < -0.3 is 24.4 Å². The van der Waals surface area contributed by atoms with Crippen LogP contribution in [-0.2, 0) is 16.0 Å². The lowest BCUT2D eigenvalue weighted by Gasteiger charge is -2.44. The molecule has 2 fully saturated rings. The number of aromatic nitrogens is 1. The van der Waals surface area contributed by atoms with Gasteiger partial charge in [0, 0.05) is 31.5 Å². The van der Waals surface area contributed by atoms with Crippen LogP contribution in [0.5, 0.6) is 5.75 Å². The number of hydrogen-bond donors (Lipinski definition) is 1. The van der Waals surface area contributed by atoms with Crippen LogP contribution in [0.15, 0.2) is 36.5 Å². The summed E-state index contributed by atoms with van der Waals surface area (Å²) in [7, 11) is 1.44. The summed E-state index contributed by atoms with van der Waals surface area (Å²) >= 11 is 1.31. The van der Waals surface area contributed by atoms with Crippen LogP contribution < -0.4 is 15.0 Å². The monoisotopic (exact) mass is 458 g/mol. The van der Waals surface area contributed by atoms with Crippen molar-refractivity contribution in [1.82, 2.24) is 10.3 Å². The van der Waals surface area contributed by atoms with Gasteiger partial charge in [0.2, 0.25) is 0 Å². The first-order chi connectivity index (χ1) is 15.5. The van der Waals surface area contributed by atoms with E-state index in [4.69, 9.17) is 14.2 Å². The molecule has 170 valence electrons. The van der Waals surface area contributed by atoms with Crippen molar-refractivity contribution in [3.8, 4) is 11.8 Å². The Labute approximate surface area is 191 Å². The van der Waals surface area contributed by atoms with Crippen LogP contribution in [0.25, 0.3) is 0 Å². The fourth-order valence-electron chi connectivity index (χ4n) is 4.04. The van der Waals surface area contributed by atoms with Crippen LogP contribution in [0, 0.1) is 22.6 Å². The third kappa shape index (κ3) is 4.94. The van der Waals surface area contributed by atoms with Crippen molar-refractivity contribution in [3.63, 3.8) is 0 Å². The SMILES string of the molecule is C=C1CNCCC12COC(CCN(Cc1ccc(OC)c(F)c1)c1ncc(C#N)s1)OC2. The van der Waals surface area contributed by atoms with Crippen molar-refractivity contribution in [1.29, 1.82) is 5.26 Å². The fourth-order valence-corrected chi connectivity index (χ4v) is 4.77. The van der Waals surface area contributed by atoms with Gasteiger partial charge in [0.15, 0.2) is 23.0 Å². The van der Waals surface area contributed by atoms with Gasteiger partial charge in [0.05, 0.1) is 26.5 Å². The first-order valence-corrected chi connectivity index (χ1v) is 11.4. The number of hydrogen-bond acceptors (Lipinski definition) is 8. The average molecular weight is 459 g/mol. The van der Waals surface area contributed by atoms with Crippen LogP contribution in [0.2, 0.25) is 0 Å². The number of nitrogens with one attached hydrogen (secondary N) is 1. The number of nitriles is 1. The number of ether oxygens (including phenoxy) is 3. The molecule has 0 radical (unpaired) electrons. The summed E-state index contributed by atoms with van der Waals surface area (Å²) in [6, 6.07) is 7.03. The van der Waals surface area contributed by atoms with E-state index in [2.05, 4.69) is 22.9 Å². The predicted molar refractivity (Wildman–Crippen MR) is 120 cm³/mol. The quantitative estimate of drug-likeness (QED) is 0.637. The number of halogens is 1. The molecule has 1 spiro atoms. The minimum Gasteiger partial charge on any atom is -0.494 e. The summed E-state index contributed by atoms with van der Waals surface area (Å²) < 4.78 is 31.3. The summed E-state index contributed by atoms with van der Waals surface area (Å²) in [4.78, 5) is 6.94. The second-order valence-corrected chi connectivity index (χ2v) is 9.17. The highest BCUT2D eigenvalue weighted by Crippen LogP contribution is 2.37. The summed E-state index contributed by atoms with van der Waals surface area (Å²) in [6.45, 7) is 8.19. The molecule has 0 unspecified atom stereocenters. The van der Waals surface area contributed by atoms with Gasteiger partial charge in [-0.25, -0.2) is 9.37 Å². The molecule has 2 aliphatic rings. The normalized spacial score (nSPS) is 23.2. The van der Waals surface area contributed by atoms with Gasteiger partial charge in [-0.2, -0.15) is 5.26 Å². The van der Waals surface area contributed by atoms with Crippen molar-refractivity contribution in [2.75, 3.05) is 44.9 Å². The van der Waals surface area contributed by atoms with Crippen LogP contribution in [0.3, 0.4) is 0 Å². The fraction of sp³-hybridized carbons (Fsp3) is 0.478. The van der Waals surface area contributed by atoms with Gasteiger partial charge in [0.25, 0.3) is 0 Å². The minimum absolute atomic E-state index is 0.0982. The van der Waals surface area contributed by atoms with Gasteiger partial charge in [-0.1, -0.05) is 29.6 Å². The molecule has 0 atom stereocenters. The van der Waals surface area contributed by atoms with E-state index in [1.807, 2.05) is 11.0 Å². The molecule has 1 aromatic carbocycles. The van der Waals surface area contributed by atoms with Gasteiger partial charge >= 0.3 is 0 Å². The van der Waals surface area contributed by atoms with Gasteiger partial charge in [-0.15, -0.1) is 0 Å². The zero-order valence-electron chi connectivity index (χ0n) is 18.1. The van der Waals surface area contributed by atoms with Gasteiger partial charge in [-0.05, 0) is 30.7 Å². The molecule has 1 aromatic heterocycles. The Balaban J connectivity index is 1.41. The summed E-state index contributed by atoms with van der Waals surface area (Å²) in [5, 5.41) is 13.2. The smallest absolute Gasteiger partial charge is 0.186 e. The molecular weight excluding hydrogens is 431 g/mol. The summed E-state index contributed by atoms with van der Waals surface area (Å²) in [5.41, 5.74) is 1.82. The van der Waals surface area contributed by atoms with E-state index >= 15 is 0 Å². The van der Waals surface area contributed by atoms with Crippen LogP contribution in [-0.4, -0.2) is 51.2 Å². The molecule has 0 bridgehead atoms. The minimum atomic E-state index is -0.409. The first kappa shape index (κ1) is 22.7. The molecular formula is C23H27FN4O3S. The van der Waals surface area contributed by atoms with E-state index in [-0.39, 0.29) is 17.5 Å². The van der Waals surface area contributed by atoms with E-state index in [0.29, 0.717) is 42.7 Å². The molecule has 0 amide bonds. The Morgan fingerprint density at radius 1 is 1.44 bits per heavy atom. The largest absolute Gasteiger partial charge is 0.494 e. The molecule has 0 aliphatic carbocycles. The molecule has 7 nitrogen and oxygen atoms in total. The number of thiazole rings is 1. The number of nitrogens with zero attached hydrogens (tertiary/aromatic N) is 3. The highest BCUT2D eigenvalue weighted by atomic mass is 32.1. The van der Waals surface area contributed by atoms with Crippen molar-refractivity contribution >= 4 is 16.5 Å². The third-order valence-electron chi connectivity index (χ3n) is 6.06. The van der Waals surface area contributed by atoms with Crippen molar-refractivity contribution in [2.45, 2.75) is 25.7 Å². The van der Waals surface area contributed by atoms with E-state index in [9.17, 15) is 9.65 Å². The van der Waals surface area contributed by atoms with Crippen LogP contribution in [0.1, 0.15) is 23.3 Å². The standard InChI is InChI=1S/C23H27FN4O3S/c1-16-11-26-7-6-23(16)14-30-21(31-15-23)5-8-28(22-27-12-18(10-25)32-22)13-17-3-4-20(29-2)19(24)9-17/h3-4,9,12,21,26H,1,5-8,11,13-15H2,2H3. The van der Waals surface area contributed by atoms with Crippen molar-refractivity contribution in [3.05, 3.63) is 52.8 Å². The molecule has 2 aromatic rings. The number of benzene rings is 1. The topological polar surface area (TPSA) is 79.6 Å². The Hall–Kier alpha value is -2.51. The molecule has 0 saturated carbocycles. The van der Waals surface area contributed by atoms with E-state index in [0.717, 1.165) is 30.6 Å². The van der Waals surface area contributed by atoms with Gasteiger partial charge in [-0.3, -0.25) is 0 Å². The molecule has 32 heavy (non-hydrogen) atoms. The highest BCUT2D eigenvalue weighted by molar-refractivity contribution is 7.16. The van der Waals surface area contributed by atoms with E-state index in [1.165, 1.54) is 24.5 Å². The molecule has 3 heterocycles. The lowest BCUT2D eigenvalue weighted by Crippen LogP contribution is -2.49. The summed E-state index contributed by atoms with van der Waals surface area (Å²) in [6.07, 6.45) is 2.82. The van der Waals surface area contributed by atoms with Crippen molar-refractivity contribution in [2.24, 2.45) is 5.41 Å². The summed E-state index contributed by atoms with van der Waals surface area (Å²) in [5.74, 6) is -0.202. The molecule has 1 N–H and O–H groups in total. The Bertz CT molecular complexity index is 997. The maximum absolute atomic E-state index is 14.2. The molecule has 4 rings (SSSR count). The number of methoxy groups -OCH3 is 1. The van der Waals surface area contributed by atoms with Crippen LogP contribution in [0.4, 0.5) is 9.52 Å². The Morgan fingerprint density at radius 3 is 2.91 bits per heavy atom. The van der Waals surface area contributed by atoms with Gasteiger partial charge in [0.1, 0.15) is 10.9 Å². The zero-order chi connectivity index (χ0) is 22.6. The first-order valence-electron chi connectivity index (χ1n) is 10.6. The van der Waals surface area contributed by atoms with E-state index in [1.54, 1.807) is 12.3 Å². The van der Waals surface area contributed by atoms with Crippen LogP contribution >= 0.6 is 11.3 Å². The number of anilines is 1. The lowest BCUT2D eigenvalue weighted by molar-refractivity contribution is -0.224. The molecule has 2 saturated heterocycles. The van der Waals surface area contributed by atoms with Crippen molar-refractivity contribution < 1.29 is 18.6 Å². The Morgan fingerprint density at radius 2 is 2.25 bits per heavy atom. The second-order valence-electron chi connectivity index (χ2n) is 8.16. The maximum atomic E-state index is 14.2. The lowest BCUT2D eigenvalue weighted by atomic mass is 9.76. The predicted octanol–water partition coefficient (Wildman–Crippen LogP) is 3.47. The second kappa shape index (κ2) is 9.96. The Kier molecular flexibility index (Phi) is 7.06. The zero-order valence-corrected chi connectivity index (χ0v) is 18.9. The number of piperidine rings is 1. The molecule has 9 heteroatoms. The number of rotatable bonds is 7. The average Bonchev–Trinajstić information content (AvgIpc) is 3.29.